The molecule has 4 heteroatoms. The number of rotatable bonds is 4. The van der Waals surface area contributed by atoms with Gasteiger partial charge in [0.25, 0.3) is 0 Å². The van der Waals surface area contributed by atoms with Gasteiger partial charge in [-0.3, -0.25) is 0 Å². The van der Waals surface area contributed by atoms with Crippen molar-refractivity contribution in [3.63, 3.8) is 0 Å². The number of pyridine rings is 1. The number of hydrogen-bond donors (Lipinski definition) is 2. The predicted molar refractivity (Wildman–Crippen MR) is 73.8 cm³/mol. The molecule has 102 valence electrons. The van der Waals surface area contributed by atoms with E-state index in [1.807, 2.05) is 31.0 Å². The number of aliphatic hydroxyl groups is 2. The van der Waals surface area contributed by atoms with E-state index in [2.05, 4.69) is 25.8 Å². The molecule has 0 saturated carbocycles. The van der Waals surface area contributed by atoms with E-state index in [1.165, 1.54) is 0 Å². The highest BCUT2D eigenvalue weighted by molar-refractivity contribution is 5.44. The van der Waals surface area contributed by atoms with Gasteiger partial charge in [-0.25, -0.2) is 4.98 Å². The zero-order chi connectivity index (χ0) is 13.9. The fourth-order valence-corrected chi connectivity index (χ4v) is 1.58. The fraction of sp³-hybridized carbons (Fsp3) is 0.643. The van der Waals surface area contributed by atoms with Crippen molar-refractivity contribution in [3.8, 4) is 0 Å². The summed E-state index contributed by atoms with van der Waals surface area (Å²) in [6, 6.07) is 3.79. The molecule has 0 saturated heterocycles. The third-order valence-corrected chi connectivity index (χ3v) is 3.11. The molecule has 0 aromatic carbocycles. The normalized spacial score (nSPS) is 13.5. The Kier molecular flexibility index (Phi) is 4.71. The average Bonchev–Trinajstić information content (AvgIpc) is 2.35. The van der Waals surface area contributed by atoms with Crippen molar-refractivity contribution in [1.82, 2.24) is 4.98 Å². The summed E-state index contributed by atoms with van der Waals surface area (Å²) >= 11 is 0. The first-order valence-electron chi connectivity index (χ1n) is 6.25. The molecular weight excluding hydrogens is 228 g/mol. The Balaban J connectivity index is 3.20. The molecule has 1 unspecified atom stereocenters. The number of aromatic nitrogens is 1. The quantitative estimate of drug-likeness (QED) is 0.856. The van der Waals surface area contributed by atoms with E-state index >= 15 is 0 Å². The molecule has 1 atom stereocenters. The molecule has 2 N–H and O–H groups in total. The number of hydrogen-bond acceptors (Lipinski definition) is 4. The second-order valence-electron chi connectivity index (χ2n) is 5.77. The molecule has 1 rings (SSSR count). The maximum Gasteiger partial charge on any atom is 0.129 e. The molecule has 0 fully saturated rings. The number of likely N-dealkylation sites (N-methyl/N-ethyl adjacent to an activating group) is 1. The third kappa shape index (κ3) is 3.43. The van der Waals surface area contributed by atoms with Gasteiger partial charge in [0.05, 0.1) is 19.3 Å². The van der Waals surface area contributed by atoms with Crippen molar-refractivity contribution in [1.29, 1.82) is 0 Å². The molecule has 18 heavy (non-hydrogen) atoms. The van der Waals surface area contributed by atoms with Crippen LogP contribution in [0.5, 0.6) is 0 Å². The van der Waals surface area contributed by atoms with Crippen LogP contribution >= 0.6 is 0 Å². The summed E-state index contributed by atoms with van der Waals surface area (Å²) in [4.78, 5) is 6.55. The van der Waals surface area contributed by atoms with Gasteiger partial charge in [0, 0.05) is 18.2 Å². The molecule has 0 aliphatic heterocycles. The smallest absolute Gasteiger partial charge is 0.129 e. The van der Waals surface area contributed by atoms with Crippen LogP contribution < -0.4 is 4.90 Å². The second-order valence-corrected chi connectivity index (χ2v) is 5.77. The number of nitrogens with zero attached hydrogens (tertiary/aromatic N) is 2. The number of aliphatic hydroxyl groups excluding tert-OH is 2. The lowest BCUT2D eigenvalue weighted by Gasteiger charge is -2.27. The van der Waals surface area contributed by atoms with Crippen molar-refractivity contribution in [3.05, 3.63) is 23.4 Å². The summed E-state index contributed by atoms with van der Waals surface area (Å²) < 4.78 is 0. The van der Waals surface area contributed by atoms with Gasteiger partial charge in [-0.05, 0) is 24.6 Å². The van der Waals surface area contributed by atoms with Gasteiger partial charge in [0.2, 0.25) is 0 Å². The predicted octanol–water partition coefficient (Wildman–Crippen LogP) is 1.69. The van der Waals surface area contributed by atoms with Gasteiger partial charge in [0.1, 0.15) is 5.82 Å². The van der Waals surface area contributed by atoms with Crippen molar-refractivity contribution < 1.29 is 10.2 Å². The van der Waals surface area contributed by atoms with Gasteiger partial charge in [-0.15, -0.1) is 0 Å². The van der Waals surface area contributed by atoms with Crippen LogP contribution in [-0.2, 0) is 12.0 Å². The minimum Gasteiger partial charge on any atom is -0.394 e. The zero-order valence-corrected chi connectivity index (χ0v) is 11.9. The third-order valence-electron chi connectivity index (χ3n) is 3.11. The van der Waals surface area contributed by atoms with Crippen LogP contribution in [0, 0.1) is 0 Å². The van der Waals surface area contributed by atoms with E-state index in [0.29, 0.717) is 0 Å². The molecule has 0 amide bonds. The Hall–Kier alpha value is -1.13. The van der Waals surface area contributed by atoms with E-state index in [-0.39, 0.29) is 24.7 Å². The lowest BCUT2D eigenvalue weighted by Crippen LogP contribution is -2.33. The summed E-state index contributed by atoms with van der Waals surface area (Å²) in [6.07, 6.45) is 0. The van der Waals surface area contributed by atoms with Crippen molar-refractivity contribution >= 4 is 5.82 Å². The summed E-state index contributed by atoms with van der Waals surface area (Å²) in [7, 11) is 1.90. The minimum absolute atomic E-state index is 0.0000536. The summed E-state index contributed by atoms with van der Waals surface area (Å²) in [5.41, 5.74) is 1.73. The monoisotopic (exact) mass is 252 g/mol. The second kappa shape index (κ2) is 5.67. The summed E-state index contributed by atoms with van der Waals surface area (Å²) in [5.74, 6) is 0.785. The van der Waals surface area contributed by atoms with Crippen LogP contribution in [0.1, 0.15) is 39.0 Å². The molecular formula is C14H24N2O2. The van der Waals surface area contributed by atoms with Crippen LogP contribution in [0.15, 0.2) is 12.1 Å². The Bertz CT molecular complexity index is 399. The SMILES string of the molecule is CC(CO)N(C)c1cc(CO)cc(C(C)(C)C)n1. The van der Waals surface area contributed by atoms with E-state index in [1.54, 1.807) is 0 Å². The zero-order valence-electron chi connectivity index (χ0n) is 11.9. The Morgan fingerprint density at radius 3 is 2.33 bits per heavy atom. The van der Waals surface area contributed by atoms with Crippen LogP contribution in [0.4, 0.5) is 5.82 Å². The lowest BCUT2D eigenvalue weighted by molar-refractivity contribution is 0.269. The molecule has 1 aromatic rings. The number of anilines is 1. The standard InChI is InChI=1S/C14H24N2O2/c1-10(8-17)16(5)13-7-11(9-18)6-12(15-13)14(2,3)4/h6-7,10,17-18H,8-9H2,1-5H3. The van der Waals surface area contributed by atoms with Gasteiger partial charge in [-0.2, -0.15) is 0 Å². The highest BCUT2D eigenvalue weighted by atomic mass is 16.3. The van der Waals surface area contributed by atoms with E-state index in [0.717, 1.165) is 17.1 Å². The Labute approximate surface area is 109 Å². The van der Waals surface area contributed by atoms with Crippen LogP contribution in [-0.4, -0.2) is 34.9 Å². The van der Waals surface area contributed by atoms with Crippen molar-refractivity contribution in [2.24, 2.45) is 0 Å². The highest BCUT2D eigenvalue weighted by Gasteiger charge is 2.19. The average molecular weight is 252 g/mol. The first kappa shape index (κ1) is 14.9. The Morgan fingerprint density at radius 1 is 1.28 bits per heavy atom. The fourth-order valence-electron chi connectivity index (χ4n) is 1.58. The van der Waals surface area contributed by atoms with Crippen molar-refractivity contribution in [2.75, 3.05) is 18.6 Å². The molecule has 0 aliphatic carbocycles. The van der Waals surface area contributed by atoms with Crippen LogP contribution in [0.2, 0.25) is 0 Å². The first-order chi connectivity index (χ1) is 8.29. The molecule has 0 radical (unpaired) electrons. The van der Waals surface area contributed by atoms with E-state index in [4.69, 9.17) is 0 Å². The highest BCUT2D eigenvalue weighted by Crippen LogP contribution is 2.25. The maximum absolute atomic E-state index is 9.33. The molecule has 1 heterocycles. The first-order valence-corrected chi connectivity index (χ1v) is 6.25. The van der Waals surface area contributed by atoms with Crippen molar-refractivity contribution in [2.45, 2.75) is 45.8 Å². The lowest BCUT2D eigenvalue weighted by atomic mass is 9.91. The van der Waals surface area contributed by atoms with Gasteiger partial charge >= 0.3 is 0 Å². The molecule has 0 bridgehead atoms. The molecule has 1 aromatic heterocycles. The maximum atomic E-state index is 9.33. The van der Waals surface area contributed by atoms with E-state index in [9.17, 15) is 10.2 Å². The molecule has 0 aliphatic rings. The molecule has 4 nitrogen and oxygen atoms in total. The largest absolute Gasteiger partial charge is 0.394 e. The van der Waals surface area contributed by atoms with Gasteiger partial charge in [0.15, 0.2) is 0 Å². The van der Waals surface area contributed by atoms with Gasteiger partial charge in [-0.1, -0.05) is 20.8 Å². The van der Waals surface area contributed by atoms with Crippen LogP contribution in [0.3, 0.4) is 0 Å². The summed E-state index contributed by atoms with van der Waals surface area (Å²) in [5, 5.41) is 18.5. The van der Waals surface area contributed by atoms with E-state index < -0.39 is 0 Å². The topological polar surface area (TPSA) is 56.6 Å². The van der Waals surface area contributed by atoms with Crippen LogP contribution in [0.25, 0.3) is 0 Å². The minimum atomic E-state index is -0.0662. The molecule has 0 spiro atoms. The van der Waals surface area contributed by atoms with Gasteiger partial charge < -0.3 is 15.1 Å². The summed E-state index contributed by atoms with van der Waals surface area (Å²) in [6.45, 7) is 8.29. The Morgan fingerprint density at radius 2 is 1.89 bits per heavy atom.